The van der Waals surface area contributed by atoms with Gasteiger partial charge in [-0.3, -0.25) is 9.59 Å². The number of carbonyl (C=O) groups is 2. The highest BCUT2D eigenvalue weighted by molar-refractivity contribution is 5.74. The van der Waals surface area contributed by atoms with Crippen molar-refractivity contribution in [1.82, 2.24) is 0 Å². The summed E-state index contributed by atoms with van der Waals surface area (Å²) in [6, 6.07) is 0. The topological polar surface area (TPSA) is 89.5 Å². The maximum absolute atomic E-state index is 12.4. The van der Waals surface area contributed by atoms with Crippen LogP contribution in [0.5, 0.6) is 0 Å². The second-order valence-electron chi connectivity index (χ2n) is 9.55. The Hall–Kier alpha value is -1.64. The van der Waals surface area contributed by atoms with E-state index >= 15 is 0 Å². The maximum atomic E-state index is 12.4. The van der Waals surface area contributed by atoms with Crippen molar-refractivity contribution in [1.29, 1.82) is 0 Å². The Balaban J connectivity index is 0.000000369. The van der Waals surface area contributed by atoms with Crippen LogP contribution in [-0.2, 0) is 38.0 Å². The fraction of sp³-hybridized carbons (Fsp3) is 0.909. The number of esters is 2. The zero-order chi connectivity index (χ0) is 28.1. The van der Waals surface area contributed by atoms with Crippen molar-refractivity contribution < 1.29 is 64.4 Å². The van der Waals surface area contributed by atoms with Gasteiger partial charge in [0.05, 0.1) is 40.6 Å². The summed E-state index contributed by atoms with van der Waals surface area (Å²) in [7, 11) is 2.58. The largest absolute Gasteiger partial charge is 0.469 e. The van der Waals surface area contributed by atoms with E-state index < -0.39 is 54.5 Å². The number of carbonyl (C=O) groups excluding carboxylic acids is 2. The Kier molecular flexibility index (Phi) is 10.6. The predicted molar refractivity (Wildman–Crippen MR) is 111 cm³/mol. The van der Waals surface area contributed by atoms with Crippen molar-refractivity contribution in [3.05, 3.63) is 0 Å². The second-order valence-corrected chi connectivity index (χ2v) is 9.55. The van der Waals surface area contributed by atoms with Gasteiger partial charge in [-0.2, -0.15) is 26.3 Å². The summed E-state index contributed by atoms with van der Waals surface area (Å²) >= 11 is 0. The molecule has 0 radical (unpaired) electrons. The standard InChI is InChI=1S/C14H24O6.C8H10F6O2/c1-5-13(6-2)9-19-14(20-10-13,7-11(15)17-3)8-12(16)18-4;1-5(2)3-15-6(16-4-5,7(9,10)11)8(12,13)14/h5-10H2,1-4H3;3-4H2,1-2H3. The molecule has 2 fully saturated rings. The average molecular weight is 540 g/mol. The Bertz CT molecular complexity index is 690. The van der Waals surface area contributed by atoms with Gasteiger partial charge in [0.15, 0.2) is 5.79 Å². The molecule has 212 valence electrons. The van der Waals surface area contributed by atoms with Gasteiger partial charge < -0.3 is 28.4 Å². The molecule has 2 saturated heterocycles. The van der Waals surface area contributed by atoms with E-state index in [1.807, 2.05) is 0 Å². The van der Waals surface area contributed by atoms with Crippen molar-refractivity contribution in [2.24, 2.45) is 10.8 Å². The van der Waals surface area contributed by atoms with E-state index in [2.05, 4.69) is 32.8 Å². The molecule has 14 heteroatoms. The monoisotopic (exact) mass is 540 g/mol. The third-order valence-electron chi connectivity index (χ3n) is 6.14. The summed E-state index contributed by atoms with van der Waals surface area (Å²) in [6.45, 7) is 6.60. The minimum absolute atomic E-state index is 0.0598. The number of hydrogen-bond acceptors (Lipinski definition) is 8. The lowest BCUT2D eigenvalue weighted by Crippen LogP contribution is -2.64. The zero-order valence-corrected chi connectivity index (χ0v) is 21.2. The van der Waals surface area contributed by atoms with Crippen molar-refractivity contribution in [2.75, 3.05) is 40.6 Å². The van der Waals surface area contributed by atoms with Gasteiger partial charge in [-0.1, -0.05) is 27.7 Å². The number of rotatable bonds is 6. The fourth-order valence-corrected chi connectivity index (χ4v) is 3.33. The van der Waals surface area contributed by atoms with Crippen molar-refractivity contribution >= 4 is 11.9 Å². The molecule has 0 aromatic rings. The maximum Gasteiger partial charge on any atom is 0.453 e. The van der Waals surface area contributed by atoms with Crippen molar-refractivity contribution in [3.8, 4) is 0 Å². The first-order chi connectivity index (χ1) is 16.4. The summed E-state index contributed by atoms with van der Waals surface area (Å²) < 4.78 is 103. The van der Waals surface area contributed by atoms with Crippen LogP contribution in [0.4, 0.5) is 26.3 Å². The highest BCUT2D eigenvalue weighted by Crippen LogP contribution is 2.50. The Labute approximate surface area is 205 Å². The van der Waals surface area contributed by atoms with E-state index in [0.717, 1.165) is 12.8 Å². The molecule has 36 heavy (non-hydrogen) atoms. The van der Waals surface area contributed by atoms with Crippen LogP contribution in [-0.4, -0.2) is 76.5 Å². The van der Waals surface area contributed by atoms with E-state index in [9.17, 15) is 35.9 Å². The van der Waals surface area contributed by atoms with Gasteiger partial charge in [0.25, 0.3) is 0 Å². The highest BCUT2D eigenvalue weighted by atomic mass is 19.4. The second kappa shape index (κ2) is 11.8. The summed E-state index contributed by atoms with van der Waals surface area (Å²) in [5, 5.41) is 0. The van der Waals surface area contributed by atoms with Crippen LogP contribution in [0.1, 0.15) is 53.4 Å². The summed E-state index contributed by atoms with van der Waals surface area (Å²) in [4.78, 5) is 23.0. The average Bonchev–Trinajstić information content (AvgIpc) is 2.78. The molecular formula is C22H34F6O8. The smallest absolute Gasteiger partial charge is 0.453 e. The predicted octanol–water partition coefficient (Wildman–Crippen LogP) is 4.54. The molecule has 0 saturated carbocycles. The molecule has 0 atom stereocenters. The number of halogens is 6. The molecule has 2 heterocycles. The molecule has 2 aliphatic rings. The fourth-order valence-electron chi connectivity index (χ4n) is 3.33. The van der Waals surface area contributed by atoms with E-state index in [-0.39, 0.29) is 18.3 Å². The molecule has 8 nitrogen and oxygen atoms in total. The highest BCUT2D eigenvalue weighted by Gasteiger charge is 2.76. The molecule has 0 aliphatic carbocycles. The normalized spacial score (nSPS) is 22.6. The van der Waals surface area contributed by atoms with Crippen LogP contribution in [0.15, 0.2) is 0 Å². The SMILES string of the molecule is CC1(C)COC(C(F)(F)F)(C(F)(F)F)OC1.CCC1(CC)COC(CC(=O)OC)(CC(=O)OC)OC1. The lowest BCUT2D eigenvalue weighted by atomic mass is 9.83. The van der Waals surface area contributed by atoms with Crippen LogP contribution < -0.4 is 0 Å². The van der Waals surface area contributed by atoms with E-state index in [1.165, 1.54) is 28.1 Å². The molecule has 0 spiro atoms. The first-order valence-electron chi connectivity index (χ1n) is 11.2. The lowest BCUT2D eigenvalue weighted by molar-refractivity contribution is -0.489. The molecule has 0 aromatic heterocycles. The van der Waals surface area contributed by atoms with Crippen LogP contribution in [0.3, 0.4) is 0 Å². The van der Waals surface area contributed by atoms with Gasteiger partial charge in [-0.05, 0) is 12.8 Å². The number of alkyl halides is 6. The molecule has 2 rings (SSSR count). The Morgan fingerprint density at radius 1 is 0.722 bits per heavy atom. The van der Waals surface area contributed by atoms with Crippen molar-refractivity contribution in [2.45, 2.75) is 77.3 Å². The summed E-state index contributed by atoms with van der Waals surface area (Å²) in [5.74, 6) is -6.72. The van der Waals surface area contributed by atoms with Crippen LogP contribution in [0, 0.1) is 10.8 Å². The molecule has 0 aromatic carbocycles. The number of hydrogen-bond donors (Lipinski definition) is 0. The lowest BCUT2D eigenvalue weighted by Gasteiger charge is -2.45. The molecule has 0 unspecified atom stereocenters. The van der Waals surface area contributed by atoms with Gasteiger partial charge in [0.1, 0.15) is 12.8 Å². The van der Waals surface area contributed by atoms with Gasteiger partial charge in [0.2, 0.25) is 0 Å². The Morgan fingerprint density at radius 2 is 1.08 bits per heavy atom. The minimum Gasteiger partial charge on any atom is -0.469 e. The first-order valence-corrected chi connectivity index (χ1v) is 11.2. The number of methoxy groups -OCH3 is 2. The summed E-state index contributed by atoms with van der Waals surface area (Å²) in [5.41, 5.74) is -0.935. The van der Waals surface area contributed by atoms with Crippen LogP contribution in [0.2, 0.25) is 0 Å². The molecule has 0 amide bonds. The quantitative estimate of drug-likeness (QED) is 0.359. The van der Waals surface area contributed by atoms with Gasteiger partial charge in [-0.15, -0.1) is 0 Å². The van der Waals surface area contributed by atoms with Crippen LogP contribution in [0.25, 0.3) is 0 Å². The molecule has 0 N–H and O–H groups in total. The van der Waals surface area contributed by atoms with E-state index in [1.54, 1.807) is 0 Å². The zero-order valence-electron chi connectivity index (χ0n) is 21.2. The third kappa shape index (κ3) is 7.68. The van der Waals surface area contributed by atoms with Gasteiger partial charge >= 0.3 is 30.1 Å². The van der Waals surface area contributed by atoms with E-state index in [0.29, 0.717) is 13.2 Å². The molecular weight excluding hydrogens is 506 g/mol. The first kappa shape index (κ1) is 32.4. The minimum atomic E-state index is -5.65. The Morgan fingerprint density at radius 3 is 1.36 bits per heavy atom. The molecule has 2 aliphatic heterocycles. The van der Waals surface area contributed by atoms with Gasteiger partial charge in [-0.25, -0.2) is 0 Å². The summed E-state index contributed by atoms with van der Waals surface area (Å²) in [6.07, 6.45) is -9.72. The van der Waals surface area contributed by atoms with Crippen molar-refractivity contribution in [3.63, 3.8) is 0 Å². The van der Waals surface area contributed by atoms with Gasteiger partial charge in [0, 0.05) is 10.8 Å². The number of ether oxygens (including phenoxy) is 6. The third-order valence-corrected chi connectivity index (χ3v) is 6.14. The van der Waals surface area contributed by atoms with E-state index in [4.69, 9.17) is 9.47 Å². The van der Waals surface area contributed by atoms with Crippen LogP contribution >= 0.6 is 0 Å². The molecule has 0 bridgehead atoms.